The van der Waals surface area contributed by atoms with Gasteiger partial charge in [-0.1, -0.05) is 18.2 Å². The van der Waals surface area contributed by atoms with Gasteiger partial charge < -0.3 is 0 Å². The number of rotatable bonds is 7. The van der Waals surface area contributed by atoms with E-state index in [0.29, 0.717) is 11.3 Å². The second kappa shape index (κ2) is 8.41. The highest BCUT2D eigenvalue weighted by atomic mass is 32.2. The molecule has 2 rings (SSSR count). The van der Waals surface area contributed by atoms with Crippen LogP contribution < -0.4 is 9.73 Å². The molecule has 1 atom stereocenters. The molecule has 142 valence electrons. The summed E-state index contributed by atoms with van der Waals surface area (Å²) in [5, 5.41) is 14.4. The van der Waals surface area contributed by atoms with E-state index in [1.54, 1.807) is 30.3 Å². The predicted molar refractivity (Wildman–Crippen MR) is 102 cm³/mol. The molecular weight excluding hydrogens is 372 g/mol. The summed E-state index contributed by atoms with van der Waals surface area (Å²) in [6.45, 7) is 1.45. The Bertz CT molecular complexity index is 943. The number of hydrazone groups is 1. The highest BCUT2D eigenvalue weighted by Gasteiger charge is 2.28. The minimum Gasteiger partial charge on any atom is -0.271 e. The van der Waals surface area contributed by atoms with Crippen LogP contribution in [0, 0.1) is 10.1 Å². The van der Waals surface area contributed by atoms with E-state index in [-0.39, 0.29) is 5.69 Å². The van der Waals surface area contributed by atoms with Crippen LogP contribution in [0.4, 0.5) is 11.4 Å². The maximum absolute atomic E-state index is 12.3. The van der Waals surface area contributed by atoms with Gasteiger partial charge in [0.05, 0.1) is 23.1 Å². The first-order valence-corrected chi connectivity index (χ1v) is 9.67. The second-order valence-electron chi connectivity index (χ2n) is 5.65. The van der Waals surface area contributed by atoms with Crippen molar-refractivity contribution in [2.75, 3.05) is 10.6 Å². The Morgan fingerprint density at radius 2 is 1.78 bits per heavy atom. The van der Waals surface area contributed by atoms with Crippen molar-refractivity contribution in [3.63, 3.8) is 0 Å². The van der Waals surface area contributed by atoms with Gasteiger partial charge in [0, 0.05) is 12.1 Å². The Morgan fingerprint density at radius 1 is 1.19 bits per heavy atom. The number of nitro groups is 1. The summed E-state index contributed by atoms with van der Waals surface area (Å²) >= 11 is 0. The molecule has 0 aliphatic heterocycles. The summed E-state index contributed by atoms with van der Waals surface area (Å²) in [7, 11) is -3.70. The summed E-state index contributed by atoms with van der Waals surface area (Å²) in [5.74, 6) is -0.623. The maximum Gasteiger partial charge on any atom is 0.269 e. The summed E-state index contributed by atoms with van der Waals surface area (Å²) in [6.07, 6.45) is 2.32. The minimum atomic E-state index is -3.70. The van der Waals surface area contributed by atoms with Crippen LogP contribution in [-0.4, -0.2) is 37.8 Å². The lowest BCUT2D eigenvalue weighted by Crippen LogP contribution is -2.46. The molecule has 0 radical (unpaired) electrons. The third-order valence-corrected chi connectivity index (χ3v) is 4.83. The molecule has 2 aromatic carbocycles. The fourth-order valence-corrected chi connectivity index (χ4v) is 3.50. The molecule has 0 saturated heterocycles. The smallest absolute Gasteiger partial charge is 0.269 e. The molecule has 0 heterocycles. The van der Waals surface area contributed by atoms with Gasteiger partial charge in [-0.15, -0.1) is 0 Å². The van der Waals surface area contributed by atoms with Gasteiger partial charge in [-0.25, -0.2) is 13.8 Å². The van der Waals surface area contributed by atoms with Crippen LogP contribution >= 0.6 is 0 Å². The van der Waals surface area contributed by atoms with E-state index in [2.05, 4.69) is 10.5 Å². The topological polar surface area (TPSA) is 122 Å². The Morgan fingerprint density at radius 3 is 2.30 bits per heavy atom. The molecule has 0 bridgehead atoms. The van der Waals surface area contributed by atoms with Gasteiger partial charge in [0.15, 0.2) is 0 Å². The van der Waals surface area contributed by atoms with Crippen molar-refractivity contribution in [1.29, 1.82) is 0 Å². The predicted octanol–water partition coefficient (Wildman–Crippen LogP) is 1.90. The lowest BCUT2D eigenvalue weighted by molar-refractivity contribution is -0.384. The van der Waals surface area contributed by atoms with Crippen molar-refractivity contribution in [1.82, 2.24) is 5.43 Å². The second-order valence-corrected chi connectivity index (χ2v) is 7.51. The number of benzene rings is 2. The van der Waals surface area contributed by atoms with E-state index < -0.39 is 26.9 Å². The number of carbonyl (C=O) groups excluding carboxylic acids is 1. The summed E-state index contributed by atoms with van der Waals surface area (Å²) in [5.41, 5.74) is 3.12. The maximum atomic E-state index is 12.3. The van der Waals surface area contributed by atoms with Gasteiger partial charge in [-0.2, -0.15) is 5.10 Å². The molecule has 0 saturated carbocycles. The summed E-state index contributed by atoms with van der Waals surface area (Å²) in [4.78, 5) is 22.4. The fraction of sp³-hybridized carbons (Fsp3) is 0.176. The molecule has 9 nitrogen and oxygen atoms in total. The number of carbonyl (C=O) groups is 1. The average molecular weight is 390 g/mol. The van der Waals surface area contributed by atoms with E-state index in [0.717, 1.165) is 10.6 Å². The molecule has 10 heteroatoms. The number of sulfonamides is 1. The molecule has 27 heavy (non-hydrogen) atoms. The molecule has 0 aliphatic carbocycles. The van der Waals surface area contributed by atoms with Crippen LogP contribution in [0.3, 0.4) is 0 Å². The standard InChI is InChI=1S/C17H18N4O5S/c1-13(20(27(2,25)26)15-6-4-3-5-7-15)17(22)19-18-12-14-8-10-16(11-9-14)21(23)24/h3-13H,1-2H3,(H,19,22)/b18-12-/t13-/m1/s1. The molecule has 0 spiro atoms. The Labute approximate surface area is 156 Å². The Balaban J connectivity index is 2.10. The van der Waals surface area contributed by atoms with Crippen molar-refractivity contribution < 1.29 is 18.1 Å². The van der Waals surface area contributed by atoms with Crippen molar-refractivity contribution in [3.05, 3.63) is 70.3 Å². The highest BCUT2D eigenvalue weighted by molar-refractivity contribution is 7.92. The van der Waals surface area contributed by atoms with Crippen LogP contribution in [0.5, 0.6) is 0 Å². The normalized spacial score (nSPS) is 12.5. The van der Waals surface area contributed by atoms with E-state index in [1.807, 2.05) is 0 Å². The third-order valence-electron chi connectivity index (χ3n) is 3.59. The van der Waals surface area contributed by atoms with Crippen LogP contribution in [0.15, 0.2) is 59.7 Å². The number of hydrogen-bond acceptors (Lipinski definition) is 6. The van der Waals surface area contributed by atoms with Crippen LogP contribution in [0.2, 0.25) is 0 Å². The quantitative estimate of drug-likeness (QED) is 0.439. The number of para-hydroxylation sites is 1. The number of nitrogens with zero attached hydrogens (tertiary/aromatic N) is 3. The Hall–Kier alpha value is -3.27. The zero-order valence-corrected chi connectivity index (χ0v) is 15.5. The molecular formula is C17H18N4O5S. The van der Waals surface area contributed by atoms with Gasteiger partial charge in [0.2, 0.25) is 10.0 Å². The Kier molecular flexibility index (Phi) is 6.24. The molecule has 1 amide bonds. The molecule has 0 aliphatic rings. The molecule has 0 unspecified atom stereocenters. The number of nitrogens with one attached hydrogen (secondary N) is 1. The van der Waals surface area contributed by atoms with Gasteiger partial charge in [0.1, 0.15) is 6.04 Å². The van der Waals surface area contributed by atoms with Crippen molar-refractivity contribution >= 4 is 33.5 Å². The lowest BCUT2D eigenvalue weighted by atomic mass is 10.2. The van der Waals surface area contributed by atoms with Gasteiger partial charge in [-0.05, 0) is 36.8 Å². The highest BCUT2D eigenvalue weighted by Crippen LogP contribution is 2.20. The third kappa shape index (κ3) is 5.35. The van der Waals surface area contributed by atoms with Crippen LogP contribution in [-0.2, 0) is 14.8 Å². The lowest BCUT2D eigenvalue weighted by Gasteiger charge is -2.27. The largest absolute Gasteiger partial charge is 0.271 e. The first-order valence-electron chi connectivity index (χ1n) is 7.82. The zero-order valence-electron chi connectivity index (χ0n) is 14.6. The first-order chi connectivity index (χ1) is 12.7. The molecule has 1 N–H and O–H groups in total. The molecule has 0 aromatic heterocycles. The SMILES string of the molecule is C[C@H](C(=O)N/N=C\c1ccc([N+](=O)[O-])cc1)N(c1ccccc1)S(C)(=O)=O. The molecule has 0 fully saturated rings. The monoisotopic (exact) mass is 390 g/mol. The fourth-order valence-electron chi connectivity index (χ4n) is 2.33. The van der Waals surface area contributed by atoms with Crippen LogP contribution in [0.1, 0.15) is 12.5 Å². The van der Waals surface area contributed by atoms with Gasteiger partial charge in [0.25, 0.3) is 11.6 Å². The van der Waals surface area contributed by atoms with E-state index in [9.17, 15) is 23.3 Å². The van der Waals surface area contributed by atoms with Crippen molar-refractivity contribution in [2.24, 2.45) is 5.10 Å². The van der Waals surface area contributed by atoms with Gasteiger partial charge in [-0.3, -0.25) is 19.2 Å². The number of anilines is 1. The number of amides is 1. The van der Waals surface area contributed by atoms with E-state index in [4.69, 9.17) is 0 Å². The van der Waals surface area contributed by atoms with Crippen molar-refractivity contribution in [2.45, 2.75) is 13.0 Å². The average Bonchev–Trinajstić information content (AvgIpc) is 2.61. The van der Waals surface area contributed by atoms with Gasteiger partial charge >= 0.3 is 0 Å². The minimum absolute atomic E-state index is 0.0588. The van der Waals surface area contributed by atoms with E-state index >= 15 is 0 Å². The van der Waals surface area contributed by atoms with Crippen molar-refractivity contribution in [3.8, 4) is 0 Å². The summed E-state index contributed by atoms with van der Waals surface area (Å²) in [6, 6.07) is 12.8. The summed E-state index contributed by atoms with van der Waals surface area (Å²) < 4.78 is 25.2. The van der Waals surface area contributed by atoms with Crippen LogP contribution in [0.25, 0.3) is 0 Å². The van der Waals surface area contributed by atoms with E-state index in [1.165, 1.54) is 37.4 Å². The zero-order chi connectivity index (χ0) is 20.0. The first kappa shape index (κ1) is 20.0. The number of hydrogen-bond donors (Lipinski definition) is 1. The molecule has 2 aromatic rings. The number of nitro benzene ring substituents is 1. The number of non-ortho nitro benzene ring substituents is 1.